The number of nitrogens with zero attached hydrogens (tertiary/aromatic N) is 2. The van der Waals surface area contributed by atoms with Gasteiger partial charge in [0, 0.05) is 19.0 Å². The van der Waals surface area contributed by atoms with Crippen molar-refractivity contribution < 1.29 is 9.59 Å². The van der Waals surface area contributed by atoms with Gasteiger partial charge in [0.1, 0.15) is 6.54 Å². The zero-order valence-corrected chi connectivity index (χ0v) is 11.9. The van der Waals surface area contributed by atoms with Crippen molar-refractivity contribution in [3.63, 3.8) is 0 Å². The van der Waals surface area contributed by atoms with E-state index in [9.17, 15) is 9.59 Å². The van der Waals surface area contributed by atoms with Gasteiger partial charge >= 0.3 is 0 Å². The third-order valence-corrected chi connectivity index (χ3v) is 3.35. The first-order chi connectivity index (χ1) is 9.47. The van der Waals surface area contributed by atoms with Crippen molar-refractivity contribution in [2.75, 3.05) is 12.3 Å². The SMILES string of the molecule is Cc1nn(CC(=O)NCCC(=O)NC2CC2)c(C)c1N. The predicted octanol–water partition coefficient (Wildman–Crippen LogP) is -0.133. The van der Waals surface area contributed by atoms with Crippen LogP contribution in [0.2, 0.25) is 0 Å². The van der Waals surface area contributed by atoms with Gasteiger partial charge in [-0.3, -0.25) is 14.3 Å². The van der Waals surface area contributed by atoms with Crippen LogP contribution in [0.15, 0.2) is 0 Å². The minimum absolute atomic E-state index is 0.0110. The van der Waals surface area contributed by atoms with Crippen molar-refractivity contribution in [1.29, 1.82) is 0 Å². The van der Waals surface area contributed by atoms with Gasteiger partial charge in [-0.05, 0) is 26.7 Å². The summed E-state index contributed by atoms with van der Waals surface area (Å²) in [5.41, 5.74) is 7.92. The molecule has 1 heterocycles. The fourth-order valence-electron chi connectivity index (χ4n) is 1.90. The Bertz CT molecular complexity index is 519. The molecule has 2 rings (SSSR count). The predicted molar refractivity (Wildman–Crippen MR) is 74.9 cm³/mol. The van der Waals surface area contributed by atoms with Crippen LogP contribution in [0.5, 0.6) is 0 Å². The van der Waals surface area contributed by atoms with Crippen molar-refractivity contribution >= 4 is 17.5 Å². The number of aryl methyl sites for hydroxylation is 1. The molecule has 1 aromatic heterocycles. The van der Waals surface area contributed by atoms with Crippen molar-refractivity contribution in [3.8, 4) is 0 Å². The molecule has 1 aromatic rings. The lowest BCUT2D eigenvalue weighted by Gasteiger charge is -2.07. The Labute approximate surface area is 117 Å². The largest absolute Gasteiger partial charge is 0.396 e. The molecule has 7 nitrogen and oxygen atoms in total. The normalized spacial score (nSPS) is 14.1. The highest BCUT2D eigenvalue weighted by molar-refractivity contribution is 5.79. The van der Waals surface area contributed by atoms with E-state index in [1.54, 1.807) is 11.6 Å². The molecule has 110 valence electrons. The fraction of sp³-hybridized carbons (Fsp3) is 0.615. The molecule has 0 aliphatic heterocycles. The highest BCUT2D eigenvalue weighted by Crippen LogP contribution is 2.18. The van der Waals surface area contributed by atoms with E-state index in [1.807, 2.05) is 6.92 Å². The molecule has 1 fully saturated rings. The monoisotopic (exact) mass is 279 g/mol. The van der Waals surface area contributed by atoms with Gasteiger partial charge in [0.2, 0.25) is 11.8 Å². The zero-order valence-electron chi connectivity index (χ0n) is 11.9. The minimum atomic E-state index is -0.171. The van der Waals surface area contributed by atoms with Gasteiger partial charge in [0.25, 0.3) is 0 Å². The van der Waals surface area contributed by atoms with Crippen LogP contribution in [0.4, 0.5) is 5.69 Å². The second-order valence-corrected chi connectivity index (χ2v) is 5.18. The Balaban J connectivity index is 1.71. The van der Waals surface area contributed by atoms with Gasteiger partial charge in [-0.2, -0.15) is 5.10 Å². The van der Waals surface area contributed by atoms with Gasteiger partial charge in [0.05, 0.1) is 17.1 Å². The van der Waals surface area contributed by atoms with E-state index < -0.39 is 0 Å². The summed E-state index contributed by atoms with van der Waals surface area (Å²) in [5.74, 6) is -0.182. The Morgan fingerprint density at radius 1 is 1.35 bits per heavy atom. The standard InChI is InChI=1S/C13H21N5O2/c1-8-13(14)9(2)18(17-8)7-12(20)15-6-5-11(19)16-10-3-4-10/h10H,3-7,14H2,1-2H3,(H,15,20)(H,16,19). The number of carbonyl (C=O) groups is 2. The summed E-state index contributed by atoms with van der Waals surface area (Å²) in [4.78, 5) is 23.2. The van der Waals surface area contributed by atoms with Crippen LogP contribution in [0, 0.1) is 13.8 Å². The Kier molecular flexibility index (Phi) is 4.26. The summed E-state index contributed by atoms with van der Waals surface area (Å²) >= 11 is 0. The van der Waals surface area contributed by atoms with Gasteiger partial charge < -0.3 is 16.4 Å². The molecule has 7 heteroatoms. The van der Waals surface area contributed by atoms with Crippen molar-refractivity contribution in [2.24, 2.45) is 0 Å². The highest BCUT2D eigenvalue weighted by Gasteiger charge is 2.22. The van der Waals surface area contributed by atoms with E-state index in [4.69, 9.17) is 5.73 Å². The van der Waals surface area contributed by atoms with Gasteiger partial charge in [-0.25, -0.2) is 0 Å². The molecule has 4 N–H and O–H groups in total. The number of nitrogens with one attached hydrogen (secondary N) is 2. The van der Waals surface area contributed by atoms with E-state index in [0.29, 0.717) is 24.7 Å². The molecule has 20 heavy (non-hydrogen) atoms. The maximum absolute atomic E-state index is 11.8. The summed E-state index contributed by atoms with van der Waals surface area (Å²) in [7, 11) is 0. The number of hydrogen-bond donors (Lipinski definition) is 3. The van der Waals surface area contributed by atoms with Gasteiger partial charge in [0.15, 0.2) is 0 Å². The first-order valence-electron chi connectivity index (χ1n) is 6.83. The minimum Gasteiger partial charge on any atom is -0.396 e. The highest BCUT2D eigenvalue weighted by atomic mass is 16.2. The number of nitrogen functional groups attached to an aromatic ring is 1. The van der Waals surface area contributed by atoms with Gasteiger partial charge in [-0.15, -0.1) is 0 Å². The molecular formula is C13H21N5O2. The Hall–Kier alpha value is -2.05. The molecule has 1 aliphatic carbocycles. The maximum atomic E-state index is 11.8. The number of anilines is 1. The summed E-state index contributed by atoms with van der Waals surface area (Å²) in [5, 5.41) is 9.78. The molecule has 0 aromatic carbocycles. The molecule has 0 radical (unpaired) electrons. The summed E-state index contributed by atoms with van der Waals surface area (Å²) < 4.78 is 1.57. The Morgan fingerprint density at radius 3 is 2.60 bits per heavy atom. The van der Waals surface area contributed by atoms with E-state index >= 15 is 0 Å². The lowest BCUT2D eigenvalue weighted by Crippen LogP contribution is -2.33. The van der Waals surface area contributed by atoms with Crippen LogP contribution >= 0.6 is 0 Å². The van der Waals surface area contributed by atoms with Crippen LogP contribution in [-0.2, 0) is 16.1 Å². The van der Waals surface area contributed by atoms with E-state index in [2.05, 4.69) is 15.7 Å². The van der Waals surface area contributed by atoms with Crippen molar-refractivity contribution in [3.05, 3.63) is 11.4 Å². The summed E-state index contributed by atoms with van der Waals surface area (Å²) in [6.07, 6.45) is 2.44. The number of carbonyl (C=O) groups excluding carboxylic acids is 2. The molecule has 0 unspecified atom stereocenters. The third-order valence-electron chi connectivity index (χ3n) is 3.35. The fourth-order valence-corrected chi connectivity index (χ4v) is 1.90. The molecule has 0 spiro atoms. The molecular weight excluding hydrogens is 258 g/mol. The van der Waals surface area contributed by atoms with Crippen LogP contribution in [-0.4, -0.2) is 34.2 Å². The number of hydrogen-bond acceptors (Lipinski definition) is 4. The average Bonchev–Trinajstić information content (AvgIpc) is 3.15. The topological polar surface area (TPSA) is 102 Å². The molecule has 0 atom stereocenters. The summed E-state index contributed by atoms with van der Waals surface area (Å²) in [6.45, 7) is 4.09. The third kappa shape index (κ3) is 3.72. The van der Waals surface area contributed by atoms with Crippen molar-refractivity contribution in [2.45, 2.75) is 45.7 Å². The van der Waals surface area contributed by atoms with Gasteiger partial charge in [-0.1, -0.05) is 0 Å². The molecule has 1 saturated carbocycles. The number of nitrogens with two attached hydrogens (primary N) is 1. The van der Waals surface area contributed by atoms with Crippen LogP contribution < -0.4 is 16.4 Å². The molecule has 0 saturated heterocycles. The van der Waals surface area contributed by atoms with Crippen molar-refractivity contribution in [1.82, 2.24) is 20.4 Å². The van der Waals surface area contributed by atoms with E-state index in [-0.39, 0.29) is 18.4 Å². The molecule has 2 amide bonds. The second-order valence-electron chi connectivity index (χ2n) is 5.18. The Morgan fingerprint density at radius 2 is 2.05 bits per heavy atom. The molecule has 1 aliphatic rings. The van der Waals surface area contributed by atoms with Crippen LogP contribution in [0.25, 0.3) is 0 Å². The maximum Gasteiger partial charge on any atom is 0.241 e. The lowest BCUT2D eigenvalue weighted by molar-refractivity contribution is -0.122. The van der Waals surface area contributed by atoms with E-state index in [1.165, 1.54) is 0 Å². The van der Waals surface area contributed by atoms with E-state index in [0.717, 1.165) is 24.2 Å². The number of rotatable bonds is 6. The smallest absolute Gasteiger partial charge is 0.241 e. The average molecular weight is 279 g/mol. The first-order valence-corrected chi connectivity index (χ1v) is 6.83. The second kappa shape index (κ2) is 5.94. The van der Waals surface area contributed by atoms with Crippen LogP contribution in [0.3, 0.4) is 0 Å². The number of amides is 2. The quantitative estimate of drug-likeness (QED) is 0.675. The van der Waals surface area contributed by atoms with Crippen LogP contribution in [0.1, 0.15) is 30.7 Å². The molecule has 0 bridgehead atoms. The first kappa shape index (κ1) is 14.4. The lowest BCUT2D eigenvalue weighted by atomic mass is 10.3. The number of aromatic nitrogens is 2. The summed E-state index contributed by atoms with van der Waals surface area (Å²) in [6, 6.07) is 0.357. The zero-order chi connectivity index (χ0) is 14.7.